The number of hydrogen-bond acceptors (Lipinski definition) is 2. The number of benzene rings is 1. The van der Waals surface area contributed by atoms with Gasteiger partial charge in [-0.1, -0.05) is 6.92 Å². The predicted octanol–water partition coefficient (Wildman–Crippen LogP) is 3.67. The Bertz CT molecular complexity index is 510. The summed E-state index contributed by atoms with van der Waals surface area (Å²) in [6.45, 7) is 2.87. The summed E-state index contributed by atoms with van der Waals surface area (Å²) < 4.78 is 39.2. The number of halogens is 3. The summed E-state index contributed by atoms with van der Waals surface area (Å²) in [6, 6.07) is 3.67. The molecule has 0 aromatic heterocycles. The number of anilines is 1. The summed E-state index contributed by atoms with van der Waals surface area (Å²) in [5, 5.41) is 5.42. The molecule has 2 N–H and O–H groups in total. The van der Waals surface area contributed by atoms with Gasteiger partial charge in [-0.3, -0.25) is 4.79 Å². The number of alkyl halides is 3. The van der Waals surface area contributed by atoms with Crippen molar-refractivity contribution in [3.63, 3.8) is 0 Å². The van der Waals surface area contributed by atoms with E-state index < -0.39 is 17.6 Å². The molecule has 3 nitrogen and oxygen atoms in total. The number of nitrogens with one attached hydrogen (secondary N) is 2. The van der Waals surface area contributed by atoms with Gasteiger partial charge in [0.2, 0.25) is 0 Å². The van der Waals surface area contributed by atoms with Crippen LogP contribution in [0.25, 0.3) is 0 Å². The minimum atomic E-state index is -4.48. The zero-order valence-electron chi connectivity index (χ0n) is 11.9. The molecule has 1 fully saturated rings. The summed E-state index contributed by atoms with van der Waals surface area (Å²) in [5.41, 5.74) is -0.733. The van der Waals surface area contributed by atoms with Crippen LogP contribution in [0, 0.1) is 5.92 Å². The van der Waals surface area contributed by atoms with Crippen LogP contribution in [0.5, 0.6) is 0 Å². The molecule has 0 atom stereocenters. The normalized spacial score (nSPS) is 14.9. The second-order valence-electron chi connectivity index (χ2n) is 5.34. The van der Waals surface area contributed by atoms with E-state index >= 15 is 0 Å². The Morgan fingerprint density at radius 3 is 2.62 bits per heavy atom. The molecule has 1 aromatic carbocycles. The monoisotopic (exact) mass is 300 g/mol. The fraction of sp³-hybridized carbons (Fsp3) is 0.533. The van der Waals surface area contributed by atoms with Crippen molar-refractivity contribution in [2.75, 3.05) is 18.4 Å². The quantitative estimate of drug-likeness (QED) is 0.841. The second-order valence-corrected chi connectivity index (χ2v) is 5.34. The third kappa shape index (κ3) is 4.37. The van der Waals surface area contributed by atoms with Gasteiger partial charge in [-0.15, -0.1) is 0 Å². The molecule has 1 aliphatic carbocycles. The fourth-order valence-electron chi connectivity index (χ4n) is 1.99. The standard InChI is InChI=1S/C15H19F3N2O/c1-2-7-19-13-6-5-11(8-12(13)15(16,17)18)14(21)20-9-10-3-4-10/h5-6,8,10,19H,2-4,7,9H2,1H3,(H,20,21). The van der Waals surface area contributed by atoms with Crippen molar-refractivity contribution in [3.8, 4) is 0 Å². The van der Waals surface area contributed by atoms with Gasteiger partial charge in [-0.25, -0.2) is 0 Å². The van der Waals surface area contributed by atoms with Gasteiger partial charge in [-0.2, -0.15) is 13.2 Å². The Morgan fingerprint density at radius 1 is 1.33 bits per heavy atom. The van der Waals surface area contributed by atoms with Crippen LogP contribution in [0.15, 0.2) is 18.2 Å². The first kappa shape index (κ1) is 15.7. The summed E-state index contributed by atoms with van der Waals surface area (Å²) in [7, 11) is 0. The van der Waals surface area contributed by atoms with E-state index in [1.165, 1.54) is 12.1 Å². The van der Waals surface area contributed by atoms with E-state index in [4.69, 9.17) is 0 Å². The zero-order chi connectivity index (χ0) is 15.5. The van der Waals surface area contributed by atoms with E-state index in [1.54, 1.807) is 0 Å². The van der Waals surface area contributed by atoms with Crippen molar-refractivity contribution in [3.05, 3.63) is 29.3 Å². The molecular formula is C15H19F3N2O. The minimum absolute atomic E-state index is 0.0168. The average Bonchev–Trinajstić information content (AvgIpc) is 3.25. The maximum Gasteiger partial charge on any atom is 0.418 e. The summed E-state index contributed by atoms with van der Waals surface area (Å²) >= 11 is 0. The fourth-order valence-corrected chi connectivity index (χ4v) is 1.99. The minimum Gasteiger partial charge on any atom is -0.385 e. The van der Waals surface area contributed by atoms with Gasteiger partial charge in [0.15, 0.2) is 0 Å². The van der Waals surface area contributed by atoms with E-state index in [0.717, 1.165) is 25.3 Å². The highest BCUT2D eigenvalue weighted by molar-refractivity contribution is 5.95. The predicted molar refractivity (Wildman–Crippen MR) is 75.3 cm³/mol. The van der Waals surface area contributed by atoms with Gasteiger partial charge in [0.25, 0.3) is 5.91 Å². The number of hydrogen-bond donors (Lipinski definition) is 2. The zero-order valence-corrected chi connectivity index (χ0v) is 11.9. The van der Waals surface area contributed by atoms with Crippen LogP contribution in [0.4, 0.5) is 18.9 Å². The van der Waals surface area contributed by atoms with Gasteiger partial charge in [0.05, 0.1) is 5.56 Å². The molecule has 1 amide bonds. The van der Waals surface area contributed by atoms with E-state index in [9.17, 15) is 18.0 Å². The molecule has 0 saturated heterocycles. The molecule has 0 bridgehead atoms. The molecule has 2 rings (SSSR count). The van der Waals surface area contributed by atoms with Crippen LogP contribution in [0.2, 0.25) is 0 Å². The van der Waals surface area contributed by atoms with E-state index in [-0.39, 0.29) is 11.3 Å². The van der Waals surface area contributed by atoms with E-state index in [0.29, 0.717) is 19.0 Å². The third-order valence-corrected chi connectivity index (χ3v) is 3.40. The third-order valence-electron chi connectivity index (χ3n) is 3.40. The largest absolute Gasteiger partial charge is 0.418 e. The highest BCUT2D eigenvalue weighted by Crippen LogP contribution is 2.35. The topological polar surface area (TPSA) is 41.1 Å². The first-order chi connectivity index (χ1) is 9.91. The van der Waals surface area contributed by atoms with Crippen molar-refractivity contribution in [2.45, 2.75) is 32.4 Å². The summed E-state index contributed by atoms with van der Waals surface area (Å²) in [5.74, 6) is 0.0379. The molecule has 0 radical (unpaired) electrons. The van der Waals surface area contributed by atoms with E-state index in [1.807, 2.05) is 6.92 Å². The Morgan fingerprint density at radius 2 is 2.05 bits per heavy atom. The van der Waals surface area contributed by atoms with Crippen LogP contribution < -0.4 is 10.6 Å². The lowest BCUT2D eigenvalue weighted by molar-refractivity contribution is -0.137. The van der Waals surface area contributed by atoms with E-state index in [2.05, 4.69) is 10.6 Å². The maximum absolute atomic E-state index is 13.1. The molecule has 0 aliphatic heterocycles. The lowest BCUT2D eigenvalue weighted by atomic mass is 10.1. The van der Waals surface area contributed by atoms with Crippen LogP contribution in [-0.4, -0.2) is 19.0 Å². The maximum atomic E-state index is 13.1. The molecule has 6 heteroatoms. The number of rotatable bonds is 6. The Balaban J connectivity index is 2.16. The highest BCUT2D eigenvalue weighted by Gasteiger charge is 2.34. The van der Waals surface area contributed by atoms with Crippen LogP contribution >= 0.6 is 0 Å². The van der Waals surface area contributed by atoms with Gasteiger partial charge >= 0.3 is 6.18 Å². The lowest BCUT2D eigenvalue weighted by Gasteiger charge is -2.15. The number of amides is 1. The lowest BCUT2D eigenvalue weighted by Crippen LogP contribution is -2.26. The molecule has 21 heavy (non-hydrogen) atoms. The van der Waals surface area contributed by atoms with Crippen molar-refractivity contribution in [1.82, 2.24) is 5.32 Å². The molecule has 1 saturated carbocycles. The Kier molecular flexibility index (Phi) is 4.75. The summed E-state index contributed by atoms with van der Waals surface area (Å²) in [4.78, 5) is 11.9. The molecule has 116 valence electrons. The van der Waals surface area contributed by atoms with Crippen molar-refractivity contribution in [2.24, 2.45) is 5.92 Å². The Hall–Kier alpha value is -1.72. The van der Waals surface area contributed by atoms with Gasteiger partial charge in [0.1, 0.15) is 0 Å². The number of carbonyl (C=O) groups excluding carboxylic acids is 1. The second kappa shape index (κ2) is 6.37. The Labute approximate surface area is 121 Å². The molecular weight excluding hydrogens is 281 g/mol. The van der Waals surface area contributed by atoms with Crippen LogP contribution in [-0.2, 0) is 6.18 Å². The molecule has 0 heterocycles. The SMILES string of the molecule is CCCNc1ccc(C(=O)NCC2CC2)cc1C(F)(F)F. The van der Waals surface area contributed by atoms with Gasteiger partial charge in [0, 0.05) is 24.3 Å². The molecule has 0 unspecified atom stereocenters. The number of carbonyl (C=O) groups is 1. The van der Waals surface area contributed by atoms with Crippen LogP contribution in [0.3, 0.4) is 0 Å². The van der Waals surface area contributed by atoms with Gasteiger partial charge < -0.3 is 10.6 Å². The van der Waals surface area contributed by atoms with Crippen molar-refractivity contribution < 1.29 is 18.0 Å². The smallest absolute Gasteiger partial charge is 0.385 e. The molecule has 0 spiro atoms. The molecule has 1 aliphatic rings. The van der Waals surface area contributed by atoms with Crippen molar-refractivity contribution in [1.29, 1.82) is 0 Å². The first-order valence-electron chi connectivity index (χ1n) is 7.15. The van der Waals surface area contributed by atoms with Gasteiger partial charge in [-0.05, 0) is 43.4 Å². The van der Waals surface area contributed by atoms with Crippen LogP contribution in [0.1, 0.15) is 42.1 Å². The van der Waals surface area contributed by atoms with Crippen molar-refractivity contribution >= 4 is 11.6 Å². The summed E-state index contributed by atoms with van der Waals surface area (Å²) in [6.07, 6.45) is -1.61. The molecule has 1 aromatic rings. The average molecular weight is 300 g/mol. The highest BCUT2D eigenvalue weighted by atomic mass is 19.4. The first-order valence-corrected chi connectivity index (χ1v) is 7.15.